The highest BCUT2D eigenvalue weighted by molar-refractivity contribution is 5.81. The maximum Gasteiger partial charge on any atom is 0.152 e. The van der Waals surface area contributed by atoms with Crippen molar-refractivity contribution in [1.29, 1.82) is 0 Å². The molecule has 2 heterocycles. The molecular formula is C14H16N4. The standard InChI is InChI=1S/C14H16N4/c1-10-8-12-6-4-5-7-13(12)18(10)9-14-16-15-11(2)17(14)3/h4-8H,9H2,1-3H3. The zero-order valence-corrected chi connectivity index (χ0v) is 10.9. The Balaban J connectivity index is 2.10. The summed E-state index contributed by atoms with van der Waals surface area (Å²) in [4.78, 5) is 0. The van der Waals surface area contributed by atoms with Gasteiger partial charge in [0.25, 0.3) is 0 Å². The molecule has 0 N–H and O–H groups in total. The van der Waals surface area contributed by atoms with E-state index in [9.17, 15) is 0 Å². The van der Waals surface area contributed by atoms with Crippen LogP contribution in [0.1, 0.15) is 17.3 Å². The Morgan fingerprint density at radius 2 is 1.89 bits per heavy atom. The molecule has 3 rings (SSSR count). The lowest BCUT2D eigenvalue weighted by atomic mass is 10.2. The quantitative estimate of drug-likeness (QED) is 0.689. The Hall–Kier alpha value is -2.10. The van der Waals surface area contributed by atoms with Crippen molar-refractivity contribution in [1.82, 2.24) is 19.3 Å². The van der Waals surface area contributed by atoms with Gasteiger partial charge >= 0.3 is 0 Å². The minimum atomic E-state index is 0.761. The maximum atomic E-state index is 4.23. The summed E-state index contributed by atoms with van der Waals surface area (Å²) in [6.45, 7) is 4.86. The molecule has 0 radical (unpaired) electrons. The number of benzene rings is 1. The molecule has 0 aliphatic rings. The summed E-state index contributed by atoms with van der Waals surface area (Å²) in [6, 6.07) is 10.6. The summed E-state index contributed by atoms with van der Waals surface area (Å²) in [7, 11) is 2.01. The van der Waals surface area contributed by atoms with Crippen molar-refractivity contribution in [3.05, 3.63) is 47.7 Å². The first kappa shape index (κ1) is 11.0. The molecule has 0 atom stereocenters. The molecule has 2 aromatic heterocycles. The Kier molecular flexibility index (Phi) is 2.44. The second-order valence-electron chi connectivity index (χ2n) is 4.65. The van der Waals surface area contributed by atoms with Crippen molar-refractivity contribution in [2.75, 3.05) is 0 Å². The zero-order valence-electron chi connectivity index (χ0n) is 10.9. The Morgan fingerprint density at radius 3 is 2.61 bits per heavy atom. The topological polar surface area (TPSA) is 35.6 Å². The zero-order chi connectivity index (χ0) is 12.7. The van der Waals surface area contributed by atoms with Gasteiger partial charge in [-0.1, -0.05) is 18.2 Å². The van der Waals surface area contributed by atoms with E-state index in [0.29, 0.717) is 0 Å². The van der Waals surface area contributed by atoms with Gasteiger partial charge < -0.3 is 9.13 Å². The average molecular weight is 240 g/mol. The number of rotatable bonds is 2. The molecule has 0 bridgehead atoms. The molecule has 0 fully saturated rings. The van der Waals surface area contributed by atoms with E-state index in [1.807, 2.05) is 18.5 Å². The SMILES string of the molecule is Cc1nnc(Cn2c(C)cc3ccccc32)n1C. The molecule has 0 aliphatic carbocycles. The third-order valence-electron chi connectivity index (χ3n) is 3.50. The van der Waals surface area contributed by atoms with Crippen LogP contribution in [0.4, 0.5) is 0 Å². The van der Waals surface area contributed by atoms with Crippen LogP contribution in [0.5, 0.6) is 0 Å². The van der Waals surface area contributed by atoms with Crippen LogP contribution in [0.25, 0.3) is 10.9 Å². The number of para-hydroxylation sites is 1. The molecule has 0 spiro atoms. The van der Waals surface area contributed by atoms with E-state index < -0.39 is 0 Å². The summed E-state index contributed by atoms with van der Waals surface area (Å²) in [5, 5.41) is 9.61. The molecule has 1 aromatic carbocycles. The summed E-state index contributed by atoms with van der Waals surface area (Å²) in [5.74, 6) is 1.93. The van der Waals surface area contributed by atoms with Crippen LogP contribution in [0, 0.1) is 13.8 Å². The van der Waals surface area contributed by atoms with E-state index in [1.54, 1.807) is 0 Å². The van der Waals surface area contributed by atoms with Crippen molar-refractivity contribution in [2.24, 2.45) is 7.05 Å². The monoisotopic (exact) mass is 240 g/mol. The van der Waals surface area contributed by atoms with Crippen LogP contribution in [0.2, 0.25) is 0 Å². The van der Waals surface area contributed by atoms with Crippen LogP contribution >= 0.6 is 0 Å². The van der Waals surface area contributed by atoms with Crippen molar-refractivity contribution < 1.29 is 0 Å². The molecule has 92 valence electrons. The highest BCUT2D eigenvalue weighted by Gasteiger charge is 2.10. The Labute approximate surface area is 106 Å². The summed E-state index contributed by atoms with van der Waals surface area (Å²) >= 11 is 0. The number of fused-ring (bicyclic) bond motifs is 1. The first-order chi connectivity index (χ1) is 8.66. The average Bonchev–Trinajstić information content (AvgIpc) is 2.85. The minimum Gasteiger partial charge on any atom is -0.337 e. The fourth-order valence-corrected chi connectivity index (χ4v) is 2.29. The van der Waals surface area contributed by atoms with E-state index >= 15 is 0 Å². The lowest BCUT2D eigenvalue weighted by Gasteiger charge is -2.07. The van der Waals surface area contributed by atoms with Gasteiger partial charge in [0.2, 0.25) is 0 Å². The summed E-state index contributed by atoms with van der Waals surface area (Å²) in [6.07, 6.45) is 0. The molecule has 3 aromatic rings. The molecule has 0 amide bonds. The molecular weight excluding hydrogens is 224 g/mol. The normalized spacial score (nSPS) is 11.3. The predicted octanol–water partition coefficient (Wildman–Crippen LogP) is 2.43. The smallest absolute Gasteiger partial charge is 0.152 e. The number of aryl methyl sites for hydroxylation is 2. The fraction of sp³-hybridized carbons (Fsp3) is 0.286. The molecule has 0 saturated carbocycles. The van der Waals surface area contributed by atoms with Crippen molar-refractivity contribution in [3.63, 3.8) is 0 Å². The predicted molar refractivity (Wildman–Crippen MR) is 71.5 cm³/mol. The van der Waals surface area contributed by atoms with E-state index in [-0.39, 0.29) is 0 Å². The summed E-state index contributed by atoms with van der Waals surface area (Å²) < 4.78 is 4.31. The van der Waals surface area contributed by atoms with Crippen molar-refractivity contribution in [3.8, 4) is 0 Å². The van der Waals surface area contributed by atoms with E-state index in [4.69, 9.17) is 0 Å². The largest absolute Gasteiger partial charge is 0.337 e. The fourth-order valence-electron chi connectivity index (χ4n) is 2.29. The van der Waals surface area contributed by atoms with Gasteiger partial charge in [-0.15, -0.1) is 10.2 Å². The van der Waals surface area contributed by atoms with Crippen molar-refractivity contribution in [2.45, 2.75) is 20.4 Å². The molecule has 0 saturated heterocycles. The maximum absolute atomic E-state index is 4.23. The Morgan fingerprint density at radius 1 is 1.11 bits per heavy atom. The van der Waals surface area contributed by atoms with Gasteiger partial charge in [-0.05, 0) is 31.4 Å². The Bertz CT molecular complexity index is 706. The first-order valence-corrected chi connectivity index (χ1v) is 6.06. The number of aromatic nitrogens is 4. The molecule has 0 aliphatic heterocycles. The van der Waals surface area contributed by atoms with Crippen LogP contribution in [0.15, 0.2) is 30.3 Å². The molecule has 0 unspecified atom stereocenters. The van der Waals surface area contributed by atoms with Gasteiger partial charge in [-0.2, -0.15) is 0 Å². The van der Waals surface area contributed by atoms with Crippen LogP contribution < -0.4 is 0 Å². The number of hydrogen-bond acceptors (Lipinski definition) is 2. The minimum absolute atomic E-state index is 0.761. The first-order valence-electron chi connectivity index (χ1n) is 6.06. The molecule has 18 heavy (non-hydrogen) atoms. The summed E-state index contributed by atoms with van der Waals surface area (Å²) in [5.41, 5.74) is 2.49. The number of hydrogen-bond donors (Lipinski definition) is 0. The molecule has 4 nitrogen and oxygen atoms in total. The van der Waals surface area contributed by atoms with Crippen molar-refractivity contribution >= 4 is 10.9 Å². The van der Waals surface area contributed by atoms with Gasteiger partial charge in [-0.3, -0.25) is 0 Å². The third kappa shape index (κ3) is 1.61. The number of nitrogens with zero attached hydrogens (tertiary/aromatic N) is 4. The molecule has 4 heteroatoms. The lowest BCUT2D eigenvalue weighted by Crippen LogP contribution is -2.07. The van der Waals surface area contributed by atoms with Gasteiger partial charge in [0.1, 0.15) is 5.82 Å². The third-order valence-corrected chi connectivity index (χ3v) is 3.50. The highest BCUT2D eigenvalue weighted by atomic mass is 15.3. The van der Waals surface area contributed by atoms with E-state index in [1.165, 1.54) is 16.6 Å². The van der Waals surface area contributed by atoms with Gasteiger partial charge in [0.05, 0.1) is 6.54 Å². The highest BCUT2D eigenvalue weighted by Crippen LogP contribution is 2.20. The van der Waals surface area contributed by atoms with Crippen LogP contribution in [-0.4, -0.2) is 19.3 Å². The van der Waals surface area contributed by atoms with Gasteiger partial charge in [-0.25, -0.2) is 0 Å². The van der Waals surface area contributed by atoms with Gasteiger partial charge in [0.15, 0.2) is 5.82 Å². The van der Waals surface area contributed by atoms with Gasteiger partial charge in [0, 0.05) is 18.3 Å². The van der Waals surface area contributed by atoms with Crippen LogP contribution in [0.3, 0.4) is 0 Å². The lowest BCUT2D eigenvalue weighted by molar-refractivity contribution is 0.696. The second-order valence-corrected chi connectivity index (χ2v) is 4.65. The second kappa shape index (κ2) is 3.98. The van der Waals surface area contributed by atoms with Crippen LogP contribution in [-0.2, 0) is 13.6 Å². The van der Waals surface area contributed by atoms with E-state index in [0.717, 1.165) is 18.2 Å². The van der Waals surface area contributed by atoms with E-state index in [2.05, 4.69) is 52.0 Å².